The molecule has 1 unspecified atom stereocenters. The third-order valence-electron chi connectivity index (χ3n) is 6.19. The lowest BCUT2D eigenvalue weighted by molar-refractivity contribution is -0.134. The number of rotatable bonds is 3. The van der Waals surface area contributed by atoms with Crippen molar-refractivity contribution in [3.8, 4) is 0 Å². The van der Waals surface area contributed by atoms with E-state index in [-0.39, 0.29) is 18.2 Å². The number of nitrogens with one attached hydrogen (secondary N) is 1. The zero-order chi connectivity index (χ0) is 22.4. The quantitative estimate of drug-likeness (QED) is 0.590. The van der Waals surface area contributed by atoms with E-state index in [1.54, 1.807) is 4.57 Å². The van der Waals surface area contributed by atoms with Gasteiger partial charge in [-0.15, -0.1) is 0 Å². The first kappa shape index (κ1) is 20.9. The first-order valence-corrected chi connectivity index (χ1v) is 11.3. The molecular formula is C23H22ClN5O2S. The van der Waals surface area contributed by atoms with Crippen LogP contribution in [-0.2, 0) is 9.59 Å². The van der Waals surface area contributed by atoms with Crippen LogP contribution in [0.2, 0.25) is 5.02 Å². The summed E-state index contributed by atoms with van der Waals surface area (Å²) in [6.07, 6.45) is 0.0589. The van der Waals surface area contributed by atoms with Crippen LogP contribution in [0.4, 0.5) is 11.5 Å². The third-order valence-corrected chi connectivity index (χ3v) is 6.71. The number of fused-ring (bicyclic) bond motifs is 3. The predicted molar refractivity (Wildman–Crippen MR) is 128 cm³/mol. The Morgan fingerprint density at radius 2 is 1.94 bits per heavy atom. The lowest BCUT2D eigenvalue weighted by atomic mass is 10.1. The lowest BCUT2D eigenvalue weighted by Crippen LogP contribution is -2.49. The van der Waals surface area contributed by atoms with Gasteiger partial charge in [-0.25, -0.2) is 4.98 Å². The standard InChI is InChI=1S/C23H22ClN5O2S/c1-14-6-7-15(24)12-18(14)27-8-10-28(11-9-27)20(30)13-19-22(31)26-21-16-4-2-3-5-17(16)25-23(32)29(19)21/h2-7,12,19H,8-11,13H2,1H3,(H,26,31). The molecule has 1 fully saturated rings. The highest BCUT2D eigenvalue weighted by Crippen LogP contribution is 2.33. The molecule has 32 heavy (non-hydrogen) atoms. The number of amides is 2. The van der Waals surface area contributed by atoms with Crippen molar-refractivity contribution in [1.82, 2.24) is 14.5 Å². The van der Waals surface area contributed by atoms with Crippen molar-refractivity contribution in [2.75, 3.05) is 36.4 Å². The Balaban J connectivity index is 1.32. The second kappa shape index (κ2) is 8.18. The summed E-state index contributed by atoms with van der Waals surface area (Å²) in [6, 6.07) is 12.7. The summed E-state index contributed by atoms with van der Waals surface area (Å²) in [7, 11) is 0. The van der Waals surface area contributed by atoms with Crippen molar-refractivity contribution in [3.05, 3.63) is 57.8 Å². The predicted octanol–water partition coefficient (Wildman–Crippen LogP) is 3.96. The summed E-state index contributed by atoms with van der Waals surface area (Å²) < 4.78 is 1.99. The number of aryl methyl sites for hydroxylation is 1. The Kier molecular flexibility index (Phi) is 5.35. The maximum atomic E-state index is 13.1. The number of halogens is 1. The average Bonchev–Trinajstić information content (AvgIpc) is 3.12. The van der Waals surface area contributed by atoms with Gasteiger partial charge in [0.1, 0.15) is 11.9 Å². The molecule has 7 nitrogen and oxygen atoms in total. The number of piperazine rings is 1. The van der Waals surface area contributed by atoms with Crippen LogP contribution in [-0.4, -0.2) is 52.4 Å². The summed E-state index contributed by atoms with van der Waals surface area (Å²) in [5, 5.41) is 4.42. The van der Waals surface area contributed by atoms with E-state index in [1.165, 1.54) is 0 Å². The highest BCUT2D eigenvalue weighted by Gasteiger charge is 2.35. The van der Waals surface area contributed by atoms with Crippen LogP contribution in [0.3, 0.4) is 0 Å². The van der Waals surface area contributed by atoms with Crippen LogP contribution in [0.25, 0.3) is 10.9 Å². The van der Waals surface area contributed by atoms with Crippen LogP contribution in [0.1, 0.15) is 18.0 Å². The number of benzene rings is 2. The molecule has 9 heteroatoms. The van der Waals surface area contributed by atoms with E-state index in [4.69, 9.17) is 23.8 Å². The number of anilines is 2. The second-order valence-electron chi connectivity index (χ2n) is 8.14. The molecule has 0 bridgehead atoms. The van der Waals surface area contributed by atoms with E-state index >= 15 is 0 Å². The fourth-order valence-electron chi connectivity index (χ4n) is 4.49. The first-order chi connectivity index (χ1) is 15.4. The number of aromatic nitrogens is 2. The molecule has 1 saturated heterocycles. The van der Waals surface area contributed by atoms with Crippen molar-refractivity contribution in [3.63, 3.8) is 0 Å². The molecule has 0 radical (unpaired) electrons. The molecule has 1 N–H and O–H groups in total. The average molecular weight is 468 g/mol. The van der Waals surface area contributed by atoms with Crippen molar-refractivity contribution in [2.24, 2.45) is 0 Å². The van der Waals surface area contributed by atoms with Crippen LogP contribution in [0, 0.1) is 11.7 Å². The maximum Gasteiger partial charge on any atom is 0.249 e. The normalized spacial score (nSPS) is 18.1. The van der Waals surface area contributed by atoms with Crippen LogP contribution >= 0.6 is 23.8 Å². The van der Waals surface area contributed by atoms with Crippen LogP contribution in [0.15, 0.2) is 42.5 Å². The van der Waals surface area contributed by atoms with Crippen molar-refractivity contribution in [1.29, 1.82) is 0 Å². The number of nitrogens with zero attached hydrogens (tertiary/aromatic N) is 4. The van der Waals surface area contributed by atoms with Gasteiger partial charge in [0.25, 0.3) is 0 Å². The molecule has 164 valence electrons. The molecule has 0 spiro atoms. The molecule has 3 aromatic rings. The van der Waals surface area contributed by atoms with E-state index in [0.717, 1.165) is 22.2 Å². The summed E-state index contributed by atoms with van der Waals surface area (Å²) in [6.45, 7) is 4.67. The summed E-state index contributed by atoms with van der Waals surface area (Å²) in [5.74, 6) is 0.330. The SMILES string of the molecule is Cc1ccc(Cl)cc1N1CCN(C(=O)CC2C(=O)Nc3c4ccccc4nc(=S)n32)CC1. The molecule has 5 rings (SSSR count). The van der Waals surface area contributed by atoms with Crippen molar-refractivity contribution >= 4 is 58.0 Å². The fourth-order valence-corrected chi connectivity index (χ4v) is 4.97. The second-order valence-corrected chi connectivity index (χ2v) is 8.94. The first-order valence-electron chi connectivity index (χ1n) is 10.5. The van der Waals surface area contributed by atoms with E-state index in [1.807, 2.05) is 47.4 Å². The van der Waals surface area contributed by atoms with E-state index in [2.05, 4.69) is 22.1 Å². The van der Waals surface area contributed by atoms with Gasteiger partial charge in [-0.05, 0) is 49.0 Å². The number of para-hydroxylation sites is 1. The van der Waals surface area contributed by atoms with E-state index < -0.39 is 6.04 Å². The summed E-state index contributed by atoms with van der Waals surface area (Å²) in [5.41, 5.74) is 2.98. The highest BCUT2D eigenvalue weighted by atomic mass is 35.5. The molecular weight excluding hydrogens is 446 g/mol. The Bertz CT molecular complexity index is 1300. The molecule has 2 aliphatic rings. The Hall–Kier alpha value is -2.97. The molecule has 2 amide bonds. The van der Waals surface area contributed by atoms with Gasteiger partial charge in [-0.2, -0.15) is 0 Å². The van der Waals surface area contributed by atoms with Gasteiger partial charge in [-0.1, -0.05) is 29.8 Å². The summed E-state index contributed by atoms with van der Waals surface area (Å²) in [4.78, 5) is 34.4. The Labute approximate surface area is 195 Å². The molecule has 0 aliphatic carbocycles. The van der Waals surface area contributed by atoms with Gasteiger partial charge in [0.2, 0.25) is 16.6 Å². The minimum Gasteiger partial charge on any atom is -0.368 e. The number of carbonyl (C=O) groups excluding carboxylic acids is 2. The minimum absolute atomic E-state index is 0.0589. The zero-order valence-electron chi connectivity index (χ0n) is 17.5. The monoisotopic (exact) mass is 467 g/mol. The van der Waals surface area contributed by atoms with Gasteiger partial charge in [-0.3, -0.25) is 14.2 Å². The highest BCUT2D eigenvalue weighted by molar-refractivity contribution is 7.71. The van der Waals surface area contributed by atoms with Crippen LogP contribution in [0.5, 0.6) is 0 Å². The Morgan fingerprint density at radius 3 is 2.72 bits per heavy atom. The van der Waals surface area contributed by atoms with Gasteiger partial charge < -0.3 is 15.1 Å². The zero-order valence-corrected chi connectivity index (χ0v) is 19.1. The number of hydrogen-bond donors (Lipinski definition) is 1. The molecule has 2 aromatic carbocycles. The van der Waals surface area contributed by atoms with Gasteiger partial charge in [0, 0.05) is 42.3 Å². The van der Waals surface area contributed by atoms with Gasteiger partial charge in [0.05, 0.1) is 11.9 Å². The number of carbonyl (C=O) groups is 2. The smallest absolute Gasteiger partial charge is 0.249 e. The van der Waals surface area contributed by atoms with E-state index in [0.29, 0.717) is 41.8 Å². The largest absolute Gasteiger partial charge is 0.368 e. The topological polar surface area (TPSA) is 70.5 Å². The Morgan fingerprint density at radius 1 is 1.19 bits per heavy atom. The maximum absolute atomic E-state index is 13.1. The number of hydrogen-bond acceptors (Lipinski definition) is 5. The van der Waals surface area contributed by atoms with Crippen molar-refractivity contribution in [2.45, 2.75) is 19.4 Å². The fraction of sp³-hybridized carbons (Fsp3) is 0.304. The third kappa shape index (κ3) is 3.63. The molecule has 1 atom stereocenters. The molecule has 2 aliphatic heterocycles. The van der Waals surface area contributed by atoms with Gasteiger partial charge in [0.15, 0.2) is 0 Å². The lowest BCUT2D eigenvalue weighted by Gasteiger charge is -2.37. The van der Waals surface area contributed by atoms with Crippen LogP contribution < -0.4 is 10.2 Å². The minimum atomic E-state index is -0.685. The van der Waals surface area contributed by atoms with E-state index in [9.17, 15) is 9.59 Å². The molecule has 1 aromatic heterocycles. The van der Waals surface area contributed by atoms with Crippen molar-refractivity contribution < 1.29 is 9.59 Å². The summed E-state index contributed by atoms with van der Waals surface area (Å²) >= 11 is 11.6. The molecule has 3 heterocycles. The molecule has 0 saturated carbocycles. The van der Waals surface area contributed by atoms with Gasteiger partial charge >= 0.3 is 0 Å².